The number of rotatable bonds is 5. The molecule has 3 aromatic rings. The molecule has 0 amide bonds. The van der Waals surface area contributed by atoms with Crippen LogP contribution in [-0.2, 0) is 21.2 Å². The Morgan fingerprint density at radius 2 is 2.00 bits per heavy atom. The second-order valence-electron chi connectivity index (χ2n) is 6.83. The number of benzene rings is 1. The van der Waals surface area contributed by atoms with Crippen LogP contribution in [0.1, 0.15) is 22.7 Å². The van der Waals surface area contributed by atoms with Gasteiger partial charge in [0.05, 0.1) is 11.5 Å². The summed E-state index contributed by atoms with van der Waals surface area (Å²) >= 11 is 1.61. The summed E-state index contributed by atoms with van der Waals surface area (Å²) in [6.45, 7) is 1.40. The molecule has 0 aliphatic carbocycles. The summed E-state index contributed by atoms with van der Waals surface area (Å²) < 4.78 is 49.8. The fourth-order valence-electron chi connectivity index (χ4n) is 3.37. The van der Waals surface area contributed by atoms with Gasteiger partial charge in [-0.05, 0) is 23.6 Å². The highest BCUT2D eigenvalue weighted by atomic mass is 32.2. The van der Waals surface area contributed by atoms with Crippen molar-refractivity contribution in [3.63, 3.8) is 0 Å². The second kappa shape index (κ2) is 7.99. The maximum Gasteiger partial charge on any atom is 0.257 e. The molecule has 1 unspecified atom stereocenters. The van der Waals surface area contributed by atoms with E-state index < -0.39 is 16.1 Å². The van der Waals surface area contributed by atoms with Crippen molar-refractivity contribution in [3.05, 3.63) is 52.3 Å². The zero-order valence-corrected chi connectivity index (χ0v) is 17.5. The summed E-state index contributed by atoms with van der Waals surface area (Å²) in [6.07, 6.45) is -0.0528. The number of morpholine rings is 1. The van der Waals surface area contributed by atoms with Crippen molar-refractivity contribution < 1.29 is 27.2 Å². The number of hydrogen-bond acceptors (Lipinski definition) is 9. The van der Waals surface area contributed by atoms with Crippen LogP contribution in [0.2, 0.25) is 0 Å². The number of ether oxygens (including phenoxy) is 3. The monoisotopic (exact) mass is 449 g/mol. The number of fused-ring (bicyclic) bond motifs is 1. The van der Waals surface area contributed by atoms with Crippen molar-refractivity contribution in [1.29, 1.82) is 0 Å². The molecule has 2 aliphatic heterocycles. The minimum absolute atomic E-state index is 0.0947. The lowest BCUT2D eigenvalue weighted by Crippen LogP contribution is -2.42. The van der Waals surface area contributed by atoms with Gasteiger partial charge in [-0.1, -0.05) is 11.2 Å². The van der Waals surface area contributed by atoms with E-state index in [4.69, 9.17) is 18.7 Å². The zero-order chi connectivity index (χ0) is 20.6. The number of hydrogen-bond donors (Lipinski definition) is 0. The Morgan fingerprint density at radius 3 is 2.83 bits per heavy atom. The van der Waals surface area contributed by atoms with Gasteiger partial charge in [0.1, 0.15) is 13.2 Å². The van der Waals surface area contributed by atoms with E-state index >= 15 is 0 Å². The SMILES string of the molecule is O=S(=O)(c1ccc2c(c1)OCCO2)N1CCOC(c2nc(Cc3cccs3)no2)C1. The quantitative estimate of drug-likeness (QED) is 0.584. The summed E-state index contributed by atoms with van der Waals surface area (Å²) in [5, 5.41) is 5.99. The third-order valence-corrected chi connectivity index (χ3v) is 7.59. The third kappa shape index (κ3) is 3.81. The maximum atomic E-state index is 13.2. The number of thiophene rings is 1. The van der Waals surface area contributed by atoms with Crippen LogP contribution in [0.15, 0.2) is 45.1 Å². The lowest BCUT2D eigenvalue weighted by atomic mass is 10.3. The molecule has 0 N–H and O–H groups in total. The molecule has 1 aromatic carbocycles. The Labute approximate surface area is 177 Å². The van der Waals surface area contributed by atoms with Crippen LogP contribution >= 0.6 is 11.3 Å². The molecule has 4 heterocycles. The lowest BCUT2D eigenvalue weighted by Gasteiger charge is -2.30. The first-order valence-electron chi connectivity index (χ1n) is 9.46. The van der Waals surface area contributed by atoms with Gasteiger partial charge in [-0.25, -0.2) is 8.42 Å². The zero-order valence-electron chi connectivity index (χ0n) is 15.9. The normalized spacial score (nSPS) is 19.7. The molecule has 2 aliphatic rings. The largest absolute Gasteiger partial charge is 0.486 e. The molecule has 1 saturated heterocycles. The van der Waals surface area contributed by atoms with Crippen LogP contribution in [-0.4, -0.2) is 55.8 Å². The Balaban J connectivity index is 1.33. The highest BCUT2D eigenvalue weighted by molar-refractivity contribution is 7.89. The van der Waals surface area contributed by atoms with E-state index in [2.05, 4.69) is 10.1 Å². The molecule has 0 radical (unpaired) electrons. The number of nitrogens with zero attached hydrogens (tertiary/aromatic N) is 3. The predicted octanol–water partition coefficient (Wildman–Crippen LogP) is 2.26. The first-order valence-corrected chi connectivity index (χ1v) is 11.8. The van der Waals surface area contributed by atoms with Crippen LogP contribution in [0.25, 0.3) is 0 Å². The first-order chi connectivity index (χ1) is 14.6. The maximum absolute atomic E-state index is 13.2. The molecule has 158 valence electrons. The Hall–Kier alpha value is -2.47. The summed E-state index contributed by atoms with van der Waals surface area (Å²) in [4.78, 5) is 5.67. The fraction of sp³-hybridized carbons (Fsp3) is 0.368. The molecule has 0 bridgehead atoms. The minimum atomic E-state index is -3.74. The number of sulfonamides is 1. The van der Waals surface area contributed by atoms with Gasteiger partial charge in [0.2, 0.25) is 10.0 Å². The van der Waals surface area contributed by atoms with Crippen molar-refractivity contribution in [2.75, 3.05) is 32.9 Å². The smallest absolute Gasteiger partial charge is 0.257 e. The molecular weight excluding hydrogens is 430 g/mol. The van der Waals surface area contributed by atoms with Crippen molar-refractivity contribution in [3.8, 4) is 11.5 Å². The van der Waals surface area contributed by atoms with Gasteiger partial charge < -0.3 is 18.7 Å². The highest BCUT2D eigenvalue weighted by Gasteiger charge is 2.34. The van der Waals surface area contributed by atoms with Crippen LogP contribution in [0.5, 0.6) is 11.5 Å². The van der Waals surface area contributed by atoms with Gasteiger partial charge in [-0.15, -0.1) is 11.3 Å². The Kier molecular flexibility index (Phi) is 5.19. The average Bonchev–Trinajstić information content (AvgIpc) is 3.46. The van der Waals surface area contributed by atoms with Gasteiger partial charge in [0.25, 0.3) is 5.89 Å². The van der Waals surface area contributed by atoms with Gasteiger partial charge in [0, 0.05) is 30.5 Å². The molecule has 5 rings (SSSR count). The fourth-order valence-corrected chi connectivity index (χ4v) is 5.51. The van der Waals surface area contributed by atoms with Crippen LogP contribution in [0.4, 0.5) is 0 Å². The van der Waals surface area contributed by atoms with E-state index in [9.17, 15) is 8.42 Å². The summed E-state index contributed by atoms with van der Waals surface area (Å²) in [6, 6.07) is 8.61. The molecule has 2 aromatic heterocycles. The Bertz CT molecular complexity index is 1130. The molecule has 30 heavy (non-hydrogen) atoms. The van der Waals surface area contributed by atoms with Gasteiger partial charge in [-0.3, -0.25) is 0 Å². The average molecular weight is 450 g/mol. The van der Waals surface area contributed by atoms with E-state index in [1.165, 1.54) is 16.4 Å². The van der Waals surface area contributed by atoms with E-state index in [1.807, 2.05) is 17.5 Å². The van der Waals surface area contributed by atoms with Gasteiger partial charge in [0.15, 0.2) is 23.4 Å². The standard InChI is InChI=1S/C19H19N3O6S2/c23-30(24,14-3-4-15-16(11-14)27-8-7-26-15)22-5-6-25-17(12-22)19-20-18(21-28-19)10-13-2-1-9-29-13/h1-4,9,11,17H,5-8,10,12H2. The molecule has 11 heteroatoms. The molecule has 0 spiro atoms. The molecular formula is C19H19N3O6S2. The highest BCUT2D eigenvalue weighted by Crippen LogP contribution is 2.34. The molecule has 0 saturated carbocycles. The summed E-state index contributed by atoms with van der Waals surface area (Å²) in [7, 11) is -3.74. The van der Waals surface area contributed by atoms with Crippen LogP contribution in [0.3, 0.4) is 0 Å². The lowest BCUT2D eigenvalue weighted by molar-refractivity contribution is -0.0199. The summed E-state index contributed by atoms with van der Waals surface area (Å²) in [5.74, 6) is 1.80. The Morgan fingerprint density at radius 1 is 1.13 bits per heavy atom. The van der Waals surface area contributed by atoms with Crippen molar-refractivity contribution in [2.45, 2.75) is 17.4 Å². The second-order valence-corrected chi connectivity index (χ2v) is 9.80. The van der Waals surface area contributed by atoms with Gasteiger partial charge >= 0.3 is 0 Å². The minimum Gasteiger partial charge on any atom is -0.486 e. The predicted molar refractivity (Wildman–Crippen MR) is 106 cm³/mol. The molecule has 1 atom stereocenters. The number of aromatic nitrogens is 2. The van der Waals surface area contributed by atoms with Crippen LogP contribution in [0, 0.1) is 0 Å². The first kappa shape index (κ1) is 19.5. The van der Waals surface area contributed by atoms with Crippen molar-refractivity contribution in [2.24, 2.45) is 0 Å². The van der Waals surface area contributed by atoms with Crippen molar-refractivity contribution >= 4 is 21.4 Å². The topological polar surface area (TPSA) is 104 Å². The molecule has 1 fully saturated rings. The van der Waals surface area contributed by atoms with E-state index in [-0.39, 0.29) is 30.5 Å². The summed E-state index contributed by atoms with van der Waals surface area (Å²) in [5.41, 5.74) is 0. The van der Waals surface area contributed by atoms with Crippen molar-refractivity contribution in [1.82, 2.24) is 14.4 Å². The third-order valence-electron chi connectivity index (χ3n) is 4.85. The van der Waals surface area contributed by atoms with E-state index in [0.29, 0.717) is 37.0 Å². The van der Waals surface area contributed by atoms with E-state index in [1.54, 1.807) is 17.4 Å². The molecule has 9 nitrogen and oxygen atoms in total. The van der Waals surface area contributed by atoms with Gasteiger partial charge in [-0.2, -0.15) is 9.29 Å². The van der Waals surface area contributed by atoms with E-state index in [0.717, 1.165) is 4.88 Å². The van der Waals surface area contributed by atoms with Crippen LogP contribution < -0.4 is 9.47 Å².